The van der Waals surface area contributed by atoms with Crippen molar-refractivity contribution in [1.82, 2.24) is 4.90 Å². The molecule has 0 amide bonds. The van der Waals surface area contributed by atoms with E-state index in [2.05, 4.69) is 4.90 Å². The maximum Gasteiger partial charge on any atom is 0.162 e. The minimum Gasteiger partial charge on any atom is -0.303 e. The van der Waals surface area contributed by atoms with Crippen LogP contribution >= 0.6 is 0 Å². The SMILES string of the molecule is Cc1ccc(C(=O)CCCN2CCCC2)cc1. The van der Waals surface area contributed by atoms with Crippen LogP contribution in [-0.4, -0.2) is 30.3 Å². The summed E-state index contributed by atoms with van der Waals surface area (Å²) < 4.78 is 0. The molecule has 0 bridgehead atoms. The molecule has 92 valence electrons. The van der Waals surface area contributed by atoms with Gasteiger partial charge in [0.15, 0.2) is 5.78 Å². The highest BCUT2D eigenvalue weighted by molar-refractivity contribution is 5.96. The number of nitrogens with zero attached hydrogens (tertiary/aromatic N) is 1. The van der Waals surface area contributed by atoms with Crippen molar-refractivity contribution in [3.63, 3.8) is 0 Å². The highest BCUT2D eigenvalue weighted by atomic mass is 16.1. The summed E-state index contributed by atoms with van der Waals surface area (Å²) in [7, 11) is 0. The first-order valence-corrected chi connectivity index (χ1v) is 6.58. The van der Waals surface area contributed by atoms with E-state index in [0.717, 1.165) is 18.5 Å². The average Bonchev–Trinajstić information content (AvgIpc) is 2.83. The third-order valence-electron chi connectivity index (χ3n) is 3.45. The summed E-state index contributed by atoms with van der Waals surface area (Å²) in [4.78, 5) is 14.4. The lowest BCUT2D eigenvalue weighted by Gasteiger charge is -2.13. The van der Waals surface area contributed by atoms with Gasteiger partial charge in [0.25, 0.3) is 0 Å². The quantitative estimate of drug-likeness (QED) is 0.726. The predicted octanol–water partition coefficient (Wildman–Crippen LogP) is 3.05. The molecule has 0 saturated carbocycles. The van der Waals surface area contributed by atoms with E-state index in [1.165, 1.54) is 31.5 Å². The summed E-state index contributed by atoms with van der Waals surface area (Å²) in [5.41, 5.74) is 2.07. The van der Waals surface area contributed by atoms with Crippen molar-refractivity contribution >= 4 is 5.78 Å². The van der Waals surface area contributed by atoms with Gasteiger partial charge in [-0.25, -0.2) is 0 Å². The Bertz CT molecular complexity index is 363. The first-order valence-electron chi connectivity index (χ1n) is 6.58. The summed E-state index contributed by atoms with van der Waals surface area (Å²) in [5.74, 6) is 0.282. The molecular formula is C15H21NO. The summed E-state index contributed by atoms with van der Waals surface area (Å²) in [6.45, 7) is 5.57. The van der Waals surface area contributed by atoms with E-state index in [4.69, 9.17) is 0 Å². The van der Waals surface area contributed by atoms with Gasteiger partial charge in [-0.1, -0.05) is 29.8 Å². The van der Waals surface area contributed by atoms with Gasteiger partial charge in [-0.05, 0) is 45.8 Å². The molecule has 1 aliphatic heterocycles. The molecule has 1 aliphatic rings. The smallest absolute Gasteiger partial charge is 0.162 e. The molecule has 1 saturated heterocycles. The molecule has 2 rings (SSSR count). The van der Waals surface area contributed by atoms with Crippen molar-refractivity contribution in [2.24, 2.45) is 0 Å². The molecule has 17 heavy (non-hydrogen) atoms. The number of hydrogen-bond donors (Lipinski definition) is 0. The maximum absolute atomic E-state index is 11.9. The number of hydrogen-bond acceptors (Lipinski definition) is 2. The van der Waals surface area contributed by atoms with E-state index in [0.29, 0.717) is 6.42 Å². The second kappa shape index (κ2) is 5.97. The third-order valence-corrected chi connectivity index (χ3v) is 3.45. The van der Waals surface area contributed by atoms with Crippen molar-refractivity contribution in [3.8, 4) is 0 Å². The number of rotatable bonds is 5. The summed E-state index contributed by atoms with van der Waals surface area (Å²) >= 11 is 0. The Morgan fingerprint density at radius 2 is 1.82 bits per heavy atom. The van der Waals surface area contributed by atoms with Crippen LogP contribution in [0, 0.1) is 6.92 Å². The molecular weight excluding hydrogens is 210 g/mol. The monoisotopic (exact) mass is 231 g/mol. The van der Waals surface area contributed by atoms with Gasteiger partial charge in [-0.2, -0.15) is 0 Å². The highest BCUT2D eigenvalue weighted by Crippen LogP contribution is 2.11. The van der Waals surface area contributed by atoms with Gasteiger partial charge < -0.3 is 4.90 Å². The molecule has 1 aromatic carbocycles. The van der Waals surface area contributed by atoms with E-state index in [1.807, 2.05) is 31.2 Å². The van der Waals surface area contributed by atoms with E-state index in [9.17, 15) is 4.79 Å². The largest absolute Gasteiger partial charge is 0.303 e. The van der Waals surface area contributed by atoms with Crippen LogP contribution in [0.2, 0.25) is 0 Å². The van der Waals surface area contributed by atoms with Crippen molar-refractivity contribution < 1.29 is 4.79 Å². The molecule has 0 aliphatic carbocycles. The number of Topliss-reactive ketones (excluding diaryl/α,β-unsaturated/α-hetero) is 1. The molecule has 0 unspecified atom stereocenters. The van der Waals surface area contributed by atoms with Crippen LogP contribution in [0.4, 0.5) is 0 Å². The molecule has 0 atom stereocenters. The molecule has 1 fully saturated rings. The van der Waals surface area contributed by atoms with Gasteiger partial charge in [-0.15, -0.1) is 0 Å². The second-order valence-corrected chi connectivity index (χ2v) is 4.94. The maximum atomic E-state index is 11.9. The Morgan fingerprint density at radius 1 is 1.18 bits per heavy atom. The number of benzene rings is 1. The highest BCUT2D eigenvalue weighted by Gasteiger charge is 2.12. The lowest BCUT2D eigenvalue weighted by atomic mass is 10.1. The normalized spacial score (nSPS) is 16.3. The minimum absolute atomic E-state index is 0.282. The molecule has 0 spiro atoms. The number of carbonyl (C=O) groups is 1. The van der Waals surface area contributed by atoms with Gasteiger partial charge >= 0.3 is 0 Å². The van der Waals surface area contributed by atoms with Crippen LogP contribution in [0.25, 0.3) is 0 Å². The Labute approximate surface area is 104 Å². The van der Waals surface area contributed by atoms with Crippen molar-refractivity contribution in [1.29, 1.82) is 0 Å². The lowest BCUT2D eigenvalue weighted by Crippen LogP contribution is -2.21. The Morgan fingerprint density at radius 3 is 2.47 bits per heavy atom. The molecule has 0 radical (unpaired) electrons. The number of aryl methyl sites for hydroxylation is 1. The topological polar surface area (TPSA) is 20.3 Å². The van der Waals surface area contributed by atoms with Crippen LogP contribution in [-0.2, 0) is 0 Å². The van der Waals surface area contributed by atoms with E-state index < -0.39 is 0 Å². The molecule has 1 aromatic rings. The van der Waals surface area contributed by atoms with Crippen LogP contribution in [0.1, 0.15) is 41.6 Å². The van der Waals surface area contributed by atoms with Crippen molar-refractivity contribution in [3.05, 3.63) is 35.4 Å². The third kappa shape index (κ3) is 3.67. The Kier molecular flexibility index (Phi) is 4.32. The second-order valence-electron chi connectivity index (χ2n) is 4.94. The molecule has 2 heteroatoms. The first-order chi connectivity index (χ1) is 8.25. The lowest BCUT2D eigenvalue weighted by molar-refractivity contribution is 0.0976. The van der Waals surface area contributed by atoms with Gasteiger partial charge in [0, 0.05) is 12.0 Å². The zero-order chi connectivity index (χ0) is 12.1. The van der Waals surface area contributed by atoms with Crippen molar-refractivity contribution in [2.45, 2.75) is 32.6 Å². The molecule has 2 nitrogen and oxygen atoms in total. The first kappa shape index (κ1) is 12.3. The van der Waals surface area contributed by atoms with E-state index in [1.54, 1.807) is 0 Å². The number of ketones is 1. The Balaban J connectivity index is 1.75. The summed E-state index contributed by atoms with van der Waals surface area (Å²) in [5, 5.41) is 0. The van der Waals surface area contributed by atoms with Crippen LogP contribution < -0.4 is 0 Å². The summed E-state index contributed by atoms with van der Waals surface area (Å²) in [6, 6.07) is 7.89. The zero-order valence-corrected chi connectivity index (χ0v) is 10.6. The number of likely N-dealkylation sites (tertiary alicyclic amines) is 1. The predicted molar refractivity (Wildman–Crippen MR) is 70.4 cm³/mol. The molecule has 0 aromatic heterocycles. The van der Waals surface area contributed by atoms with E-state index in [-0.39, 0.29) is 5.78 Å². The molecule has 0 N–H and O–H groups in total. The van der Waals surface area contributed by atoms with Gasteiger partial charge in [-0.3, -0.25) is 4.79 Å². The van der Waals surface area contributed by atoms with E-state index >= 15 is 0 Å². The fraction of sp³-hybridized carbons (Fsp3) is 0.533. The fourth-order valence-corrected chi connectivity index (χ4v) is 2.35. The average molecular weight is 231 g/mol. The summed E-state index contributed by atoms with van der Waals surface area (Å²) in [6.07, 6.45) is 4.32. The van der Waals surface area contributed by atoms with Crippen LogP contribution in [0.5, 0.6) is 0 Å². The van der Waals surface area contributed by atoms with Crippen LogP contribution in [0.15, 0.2) is 24.3 Å². The Hall–Kier alpha value is -1.15. The van der Waals surface area contributed by atoms with Crippen LogP contribution in [0.3, 0.4) is 0 Å². The van der Waals surface area contributed by atoms with Crippen molar-refractivity contribution in [2.75, 3.05) is 19.6 Å². The van der Waals surface area contributed by atoms with Gasteiger partial charge in [0.1, 0.15) is 0 Å². The minimum atomic E-state index is 0.282. The van der Waals surface area contributed by atoms with Gasteiger partial charge in [0.2, 0.25) is 0 Å². The fourth-order valence-electron chi connectivity index (χ4n) is 2.35. The molecule has 1 heterocycles. The van der Waals surface area contributed by atoms with Gasteiger partial charge in [0.05, 0.1) is 0 Å². The zero-order valence-electron chi connectivity index (χ0n) is 10.6. The standard InChI is InChI=1S/C15H21NO/c1-13-6-8-14(9-7-13)15(17)5-4-12-16-10-2-3-11-16/h6-9H,2-5,10-12H2,1H3. The number of carbonyl (C=O) groups excluding carboxylic acids is 1.